The fourth-order valence-electron chi connectivity index (χ4n) is 2.73. The average Bonchev–Trinajstić information content (AvgIpc) is 3.08. The molecule has 0 aliphatic heterocycles. The summed E-state index contributed by atoms with van der Waals surface area (Å²) < 4.78 is 0. The summed E-state index contributed by atoms with van der Waals surface area (Å²) in [6.45, 7) is 0. The van der Waals surface area contributed by atoms with Crippen molar-refractivity contribution in [3.8, 4) is 0 Å². The number of hydrogen-bond donors (Lipinski definition) is 2. The standard InChI is InChI=1S/C15H20N2S2/c16-17-13(8-7-12-5-3-9-18-12)15-10-11-4-1-2-6-14(11)19-15/h3,5,9-10,13,17H,1-2,4,6-8,16H2. The van der Waals surface area contributed by atoms with E-state index in [0.717, 1.165) is 12.8 Å². The van der Waals surface area contributed by atoms with Crippen molar-refractivity contribution in [3.05, 3.63) is 43.8 Å². The number of nitrogens with one attached hydrogen (secondary N) is 1. The average molecular weight is 292 g/mol. The van der Waals surface area contributed by atoms with E-state index < -0.39 is 0 Å². The highest BCUT2D eigenvalue weighted by molar-refractivity contribution is 7.12. The Morgan fingerprint density at radius 3 is 2.95 bits per heavy atom. The Bertz CT molecular complexity index is 493. The van der Waals surface area contributed by atoms with Gasteiger partial charge in [0.05, 0.1) is 6.04 Å². The van der Waals surface area contributed by atoms with Crippen LogP contribution in [0.25, 0.3) is 0 Å². The molecule has 0 saturated carbocycles. The van der Waals surface area contributed by atoms with Crippen LogP contribution in [0.3, 0.4) is 0 Å². The van der Waals surface area contributed by atoms with Crippen molar-refractivity contribution in [2.24, 2.45) is 5.84 Å². The Kier molecular flexibility index (Phi) is 4.33. The number of hydrazine groups is 1. The summed E-state index contributed by atoms with van der Waals surface area (Å²) in [5.41, 5.74) is 4.58. The molecule has 3 N–H and O–H groups in total. The highest BCUT2D eigenvalue weighted by Crippen LogP contribution is 2.34. The molecule has 4 heteroatoms. The molecule has 0 bridgehead atoms. The number of rotatable bonds is 5. The summed E-state index contributed by atoms with van der Waals surface area (Å²) in [5, 5.41) is 2.14. The van der Waals surface area contributed by atoms with E-state index in [-0.39, 0.29) is 0 Å². The predicted molar refractivity (Wildman–Crippen MR) is 83.7 cm³/mol. The minimum Gasteiger partial charge on any atom is -0.271 e. The molecule has 3 rings (SSSR count). The molecule has 0 aromatic carbocycles. The molecule has 1 aliphatic carbocycles. The second-order valence-corrected chi connectivity index (χ2v) is 7.34. The molecular weight excluding hydrogens is 272 g/mol. The molecule has 1 aliphatic rings. The van der Waals surface area contributed by atoms with Crippen molar-refractivity contribution in [2.45, 2.75) is 44.6 Å². The lowest BCUT2D eigenvalue weighted by Crippen LogP contribution is -2.27. The van der Waals surface area contributed by atoms with E-state index in [1.807, 2.05) is 22.7 Å². The quantitative estimate of drug-likeness (QED) is 0.649. The largest absolute Gasteiger partial charge is 0.271 e. The Morgan fingerprint density at radius 1 is 1.32 bits per heavy atom. The third-order valence-corrected chi connectivity index (χ3v) is 6.11. The smallest absolute Gasteiger partial charge is 0.0556 e. The summed E-state index contributed by atoms with van der Waals surface area (Å²) in [7, 11) is 0. The van der Waals surface area contributed by atoms with E-state index in [2.05, 4.69) is 29.0 Å². The zero-order valence-electron chi connectivity index (χ0n) is 11.0. The molecule has 0 fully saturated rings. The summed E-state index contributed by atoms with van der Waals surface area (Å²) in [6.07, 6.45) is 7.41. The van der Waals surface area contributed by atoms with Crippen LogP contribution in [0.4, 0.5) is 0 Å². The first kappa shape index (κ1) is 13.3. The van der Waals surface area contributed by atoms with Crippen molar-refractivity contribution in [2.75, 3.05) is 0 Å². The zero-order valence-corrected chi connectivity index (χ0v) is 12.7. The number of nitrogens with two attached hydrogens (primary N) is 1. The van der Waals surface area contributed by atoms with Gasteiger partial charge in [0.25, 0.3) is 0 Å². The molecule has 19 heavy (non-hydrogen) atoms. The molecule has 2 aromatic heterocycles. The molecule has 2 aromatic rings. The predicted octanol–water partition coefficient (Wildman–Crippen LogP) is 3.83. The van der Waals surface area contributed by atoms with Gasteiger partial charge in [-0.3, -0.25) is 11.3 Å². The molecule has 2 heterocycles. The summed E-state index contributed by atoms with van der Waals surface area (Å²) in [4.78, 5) is 4.46. The Hall–Kier alpha value is -0.680. The van der Waals surface area contributed by atoms with Gasteiger partial charge in [-0.2, -0.15) is 0 Å². The Balaban J connectivity index is 1.69. The van der Waals surface area contributed by atoms with Crippen LogP contribution in [0.5, 0.6) is 0 Å². The first-order valence-electron chi connectivity index (χ1n) is 6.97. The van der Waals surface area contributed by atoms with Gasteiger partial charge < -0.3 is 0 Å². The van der Waals surface area contributed by atoms with Crippen molar-refractivity contribution < 1.29 is 0 Å². The van der Waals surface area contributed by atoms with Crippen LogP contribution >= 0.6 is 22.7 Å². The van der Waals surface area contributed by atoms with Crippen LogP contribution in [0, 0.1) is 0 Å². The van der Waals surface area contributed by atoms with Gasteiger partial charge in [0.1, 0.15) is 0 Å². The van der Waals surface area contributed by atoms with Gasteiger partial charge >= 0.3 is 0 Å². The highest BCUT2D eigenvalue weighted by atomic mass is 32.1. The van der Waals surface area contributed by atoms with E-state index >= 15 is 0 Å². The fraction of sp³-hybridized carbons (Fsp3) is 0.467. The number of aryl methyl sites for hydroxylation is 3. The first-order valence-corrected chi connectivity index (χ1v) is 8.66. The molecule has 0 spiro atoms. The molecule has 0 radical (unpaired) electrons. The van der Waals surface area contributed by atoms with E-state index in [0.29, 0.717) is 6.04 Å². The normalized spacial score (nSPS) is 16.3. The monoisotopic (exact) mass is 292 g/mol. The summed E-state index contributed by atoms with van der Waals surface area (Å²) in [5.74, 6) is 5.76. The minimum absolute atomic E-state index is 0.303. The van der Waals surface area contributed by atoms with Crippen LogP contribution in [0.2, 0.25) is 0 Å². The molecule has 1 atom stereocenters. The molecule has 0 saturated heterocycles. The maximum Gasteiger partial charge on any atom is 0.0556 e. The minimum atomic E-state index is 0.303. The first-order chi connectivity index (χ1) is 9.36. The van der Waals surface area contributed by atoms with Gasteiger partial charge in [0, 0.05) is 14.6 Å². The van der Waals surface area contributed by atoms with Crippen molar-refractivity contribution in [1.29, 1.82) is 0 Å². The molecule has 2 nitrogen and oxygen atoms in total. The maximum absolute atomic E-state index is 5.76. The number of thiophene rings is 2. The van der Waals surface area contributed by atoms with E-state index in [9.17, 15) is 0 Å². The van der Waals surface area contributed by atoms with E-state index in [1.54, 1.807) is 10.4 Å². The van der Waals surface area contributed by atoms with E-state index in [4.69, 9.17) is 5.84 Å². The van der Waals surface area contributed by atoms with Gasteiger partial charge in [-0.05, 0) is 61.6 Å². The van der Waals surface area contributed by atoms with Crippen molar-refractivity contribution in [1.82, 2.24) is 5.43 Å². The molecule has 102 valence electrons. The Morgan fingerprint density at radius 2 is 2.21 bits per heavy atom. The van der Waals surface area contributed by atoms with Gasteiger partial charge in [-0.1, -0.05) is 6.07 Å². The van der Waals surface area contributed by atoms with Crippen molar-refractivity contribution in [3.63, 3.8) is 0 Å². The van der Waals surface area contributed by atoms with Gasteiger partial charge in [-0.15, -0.1) is 22.7 Å². The molecule has 0 amide bonds. The Labute approximate surface area is 122 Å². The molecular formula is C15H20N2S2. The lowest BCUT2D eigenvalue weighted by Gasteiger charge is -2.13. The lowest BCUT2D eigenvalue weighted by molar-refractivity contribution is 0.525. The van der Waals surface area contributed by atoms with E-state index in [1.165, 1.54) is 35.4 Å². The van der Waals surface area contributed by atoms with Crippen LogP contribution in [-0.2, 0) is 19.3 Å². The SMILES string of the molecule is NNC(CCc1cccs1)c1cc2c(s1)CCCC2. The second-order valence-electron chi connectivity index (χ2n) is 5.14. The zero-order chi connectivity index (χ0) is 13.1. The summed E-state index contributed by atoms with van der Waals surface area (Å²) >= 11 is 3.80. The van der Waals surface area contributed by atoms with Gasteiger partial charge in [-0.25, -0.2) is 0 Å². The second kappa shape index (κ2) is 6.18. The van der Waals surface area contributed by atoms with Crippen LogP contribution in [0.1, 0.15) is 45.5 Å². The fourth-order valence-corrected chi connectivity index (χ4v) is 4.81. The van der Waals surface area contributed by atoms with Crippen LogP contribution in [0.15, 0.2) is 23.6 Å². The lowest BCUT2D eigenvalue weighted by atomic mass is 9.98. The van der Waals surface area contributed by atoms with Crippen molar-refractivity contribution >= 4 is 22.7 Å². The topological polar surface area (TPSA) is 38.0 Å². The third kappa shape index (κ3) is 3.08. The highest BCUT2D eigenvalue weighted by Gasteiger charge is 2.18. The van der Waals surface area contributed by atoms with Gasteiger partial charge in [0.2, 0.25) is 0 Å². The number of fused-ring (bicyclic) bond motifs is 1. The maximum atomic E-state index is 5.76. The summed E-state index contributed by atoms with van der Waals surface area (Å²) in [6, 6.07) is 7.02. The van der Waals surface area contributed by atoms with Gasteiger partial charge in [0.15, 0.2) is 0 Å². The van der Waals surface area contributed by atoms with Crippen LogP contribution in [-0.4, -0.2) is 0 Å². The van der Waals surface area contributed by atoms with Crippen LogP contribution < -0.4 is 11.3 Å². The number of hydrogen-bond acceptors (Lipinski definition) is 4. The third-order valence-electron chi connectivity index (χ3n) is 3.82. The molecule has 1 unspecified atom stereocenters.